The lowest BCUT2D eigenvalue weighted by molar-refractivity contribution is 0.0734. The SMILES string of the molecule is CCCNC(=O)c1cc(C)cc(C(=O)N(Cc2cccc(CC)c2)CC2CC2)c1. The van der Waals surface area contributed by atoms with Crippen LogP contribution in [0.15, 0.2) is 42.5 Å². The van der Waals surface area contributed by atoms with Crippen molar-refractivity contribution in [2.45, 2.75) is 53.0 Å². The van der Waals surface area contributed by atoms with Crippen LogP contribution in [-0.2, 0) is 13.0 Å². The maximum Gasteiger partial charge on any atom is 0.254 e. The summed E-state index contributed by atoms with van der Waals surface area (Å²) in [6.45, 7) is 8.12. The fourth-order valence-electron chi connectivity index (χ4n) is 3.56. The van der Waals surface area contributed by atoms with Gasteiger partial charge in [0.25, 0.3) is 11.8 Å². The van der Waals surface area contributed by atoms with Gasteiger partial charge in [-0.1, -0.05) is 38.1 Å². The highest BCUT2D eigenvalue weighted by Crippen LogP contribution is 2.31. The van der Waals surface area contributed by atoms with Crippen molar-refractivity contribution < 1.29 is 9.59 Å². The first-order chi connectivity index (χ1) is 14.0. The molecule has 1 aliphatic rings. The van der Waals surface area contributed by atoms with Gasteiger partial charge in [-0.25, -0.2) is 0 Å². The van der Waals surface area contributed by atoms with Crippen LogP contribution in [-0.4, -0.2) is 29.8 Å². The van der Waals surface area contributed by atoms with E-state index in [-0.39, 0.29) is 11.8 Å². The Kier molecular flexibility index (Phi) is 7.08. The summed E-state index contributed by atoms with van der Waals surface area (Å²) in [5.74, 6) is 0.492. The summed E-state index contributed by atoms with van der Waals surface area (Å²) in [6.07, 6.45) is 4.25. The number of nitrogens with one attached hydrogen (secondary N) is 1. The van der Waals surface area contributed by atoms with Gasteiger partial charge in [0, 0.05) is 30.8 Å². The van der Waals surface area contributed by atoms with E-state index in [1.807, 2.05) is 30.9 Å². The fraction of sp³-hybridized carbons (Fsp3) is 0.440. The molecule has 0 heterocycles. The topological polar surface area (TPSA) is 49.4 Å². The number of nitrogens with zero attached hydrogens (tertiary/aromatic N) is 1. The Morgan fingerprint density at radius 1 is 1.03 bits per heavy atom. The van der Waals surface area contributed by atoms with Gasteiger partial charge in [-0.05, 0) is 73.4 Å². The maximum atomic E-state index is 13.4. The molecular weight excluding hydrogens is 360 g/mol. The molecule has 154 valence electrons. The molecule has 1 saturated carbocycles. The van der Waals surface area contributed by atoms with Crippen molar-refractivity contribution in [1.29, 1.82) is 0 Å². The standard InChI is InChI=1S/C25H32N2O2/c1-4-11-26-24(28)22-12-18(3)13-23(15-22)25(29)27(16-20-9-10-20)17-21-8-6-7-19(5-2)14-21/h6-8,12-15,20H,4-5,9-11,16-17H2,1-3H3,(H,26,28). The van der Waals surface area contributed by atoms with E-state index in [9.17, 15) is 9.59 Å². The van der Waals surface area contributed by atoms with Crippen molar-refractivity contribution in [3.8, 4) is 0 Å². The van der Waals surface area contributed by atoms with Gasteiger partial charge in [0.1, 0.15) is 0 Å². The molecule has 3 rings (SSSR count). The van der Waals surface area contributed by atoms with Gasteiger partial charge in [0.05, 0.1) is 0 Å². The average Bonchev–Trinajstić information content (AvgIpc) is 3.54. The minimum Gasteiger partial charge on any atom is -0.352 e. The Labute approximate surface area is 174 Å². The first kappa shape index (κ1) is 21.1. The van der Waals surface area contributed by atoms with Crippen LogP contribution < -0.4 is 5.32 Å². The number of amides is 2. The molecule has 0 atom stereocenters. The average molecular weight is 393 g/mol. The van der Waals surface area contributed by atoms with Crippen molar-refractivity contribution in [3.05, 3.63) is 70.3 Å². The van der Waals surface area contributed by atoms with Gasteiger partial charge in [-0.15, -0.1) is 0 Å². The zero-order chi connectivity index (χ0) is 20.8. The van der Waals surface area contributed by atoms with Crippen LogP contribution in [0.1, 0.15) is 70.5 Å². The molecule has 0 bridgehead atoms. The highest BCUT2D eigenvalue weighted by molar-refractivity contribution is 6.00. The fourth-order valence-corrected chi connectivity index (χ4v) is 3.56. The van der Waals surface area contributed by atoms with Gasteiger partial charge < -0.3 is 10.2 Å². The van der Waals surface area contributed by atoms with Crippen LogP contribution in [0.25, 0.3) is 0 Å². The largest absolute Gasteiger partial charge is 0.352 e. The van der Waals surface area contributed by atoms with E-state index in [1.54, 1.807) is 6.07 Å². The quantitative estimate of drug-likeness (QED) is 0.669. The summed E-state index contributed by atoms with van der Waals surface area (Å²) in [4.78, 5) is 27.8. The third kappa shape index (κ3) is 5.93. The van der Waals surface area contributed by atoms with E-state index in [0.717, 1.165) is 30.5 Å². The van der Waals surface area contributed by atoms with Crippen molar-refractivity contribution in [1.82, 2.24) is 10.2 Å². The Morgan fingerprint density at radius 2 is 1.76 bits per heavy atom. The molecule has 0 saturated heterocycles. The van der Waals surface area contributed by atoms with E-state index in [4.69, 9.17) is 0 Å². The van der Waals surface area contributed by atoms with Crippen molar-refractivity contribution in [3.63, 3.8) is 0 Å². The molecular formula is C25H32N2O2. The van der Waals surface area contributed by atoms with Gasteiger partial charge in [0.2, 0.25) is 0 Å². The summed E-state index contributed by atoms with van der Waals surface area (Å²) in [7, 11) is 0. The summed E-state index contributed by atoms with van der Waals surface area (Å²) in [5.41, 5.74) is 4.52. The molecule has 1 fully saturated rings. The predicted molar refractivity (Wildman–Crippen MR) is 117 cm³/mol. The number of hydrogen-bond donors (Lipinski definition) is 1. The van der Waals surface area contributed by atoms with Crippen LogP contribution in [0.5, 0.6) is 0 Å². The molecule has 2 amide bonds. The van der Waals surface area contributed by atoms with Crippen LogP contribution in [0.3, 0.4) is 0 Å². The minimum atomic E-state index is -0.117. The monoisotopic (exact) mass is 392 g/mol. The zero-order valence-corrected chi connectivity index (χ0v) is 17.8. The zero-order valence-electron chi connectivity index (χ0n) is 17.8. The smallest absolute Gasteiger partial charge is 0.254 e. The van der Waals surface area contributed by atoms with Crippen molar-refractivity contribution >= 4 is 11.8 Å². The lowest BCUT2D eigenvalue weighted by Crippen LogP contribution is -2.33. The van der Waals surface area contributed by atoms with Crippen molar-refractivity contribution in [2.75, 3.05) is 13.1 Å². The summed E-state index contributed by atoms with van der Waals surface area (Å²) >= 11 is 0. The van der Waals surface area contributed by atoms with E-state index < -0.39 is 0 Å². The molecule has 0 radical (unpaired) electrons. The normalized spacial score (nSPS) is 13.2. The third-order valence-corrected chi connectivity index (χ3v) is 5.36. The highest BCUT2D eigenvalue weighted by atomic mass is 16.2. The molecule has 29 heavy (non-hydrogen) atoms. The molecule has 1 N–H and O–H groups in total. The number of aryl methyl sites for hydroxylation is 2. The van der Waals surface area contributed by atoms with Crippen LogP contribution in [0.2, 0.25) is 0 Å². The van der Waals surface area contributed by atoms with E-state index in [1.165, 1.54) is 18.4 Å². The van der Waals surface area contributed by atoms with Gasteiger partial charge in [-0.2, -0.15) is 0 Å². The maximum absolute atomic E-state index is 13.4. The predicted octanol–water partition coefficient (Wildman–Crippen LogP) is 4.75. The Morgan fingerprint density at radius 3 is 2.45 bits per heavy atom. The molecule has 4 heteroatoms. The lowest BCUT2D eigenvalue weighted by atomic mass is 10.0. The number of carbonyl (C=O) groups excluding carboxylic acids is 2. The second kappa shape index (κ2) is 9.73. The summed E-state index contributed by atoms with van der Waals surface area (Å²) < 4.78 is 0. The molecule has 0 spiro atoms. The summed E-state index contributed by atoms with van der Waals surface area (Å²) in [5, 5.41) is 2.90. The van der Waals surface area contributed by atoms with Crippen molar-refractivity contribution in [2.24, 2.45) is 5.92 Å². The van der Waals surface area contributed by atoms with Gasteiger partial charge in [0.15, 0.2) is 0 Å². The molecule has 0 unspecified atom stereocenters. The first-order valence-electron chi connectivity index (χ1n) is 10.8. The van der Waals surface area contributed by atoms with E-state index in [0.29, 0.717) is 30.1 Å². The van der Waals surface area contributed by atoms with E-state index in [2.05, 4.69) is 36.5 Å². The molecule has 2 aromatic rings. The van der Waals surface area contributed by atoms with Gasteiger partial charge in [-0.3, -0.25) is 9.59 Å². The first-order valence-corrected chi connectivity index (χ1v) is 10.8. The molecule has 4 nitrogen and oxygen atoms in total. The number of carbonyl (C=O) groups is 2. The minimum absolute atomic E-state index is 0.00652. The number of benzene rings is 2. The van der Waals surface area contributed by atoms with E-state index >= 15 is 0 Å². The number of hydrogen-bond acceptors (Lipinski definition) is 2. The molecule has 1 aliphatic carbocycles. The molecule has 2 aromatic carbocycles. The second-order valence-corrected chi connectivity index (χ2v) is 8.15. The Bertz CT molecular complexity index is 871. The Balaban J connectivity index is 1.83. The van der Waals surface area contributed by atoms with Gasteiger partial charge >= 0.3 is 0 Å². The van der Waals surface area contributed by atoms with Crippen LogP contribution >= 0.6 is 0 Å². The molecule has 0 aromatic heterocycles. The third-order valence-electron chi connectivity index (χ3n) is 5.36. The lowest BCUT2D eigenvalue weighted by Gasteiger charge is -2.24. The van der Waals surface area contributed by atoms with Crippen LogP contribution in [0, 0.1) is 12.8 Å². The highest BCUT2D eigenvalue weighted by Gasteiger charge is 2.28. The van der Waals surface area contributed by atoms with Crippen LogP contribution in [0.4, 0.5) is 0 Å². The Hall–Kier alpha value is -2.62. The second-order valence-electron chi connectivity index (χ2n) is 8.15. The summed E-state index contributed by atoms with van der Waals surface area (Å²) in [6, 6.07) is 13.9. The molecule has 0 aliphatic heterocycles. The number of rotatable bonds is 9.